The number of hydrogen-bond acceptors (Lipinski definition) is 4. The zero-order valence-corrected chi connectivity index (χ0v) is 9.24. The summed E-state index contributed by atoms with van der Waals surface area (Å²) in [5.41, 5.74) is 0. The molecule has 1 N–H and O–H groups in total. The minimum atomic E-state index is -0.265. The van der Waals surface area contributed by atoms with Gasteiger partial charge in [-0.2, -0.15) is 0 Å². The molecule has 0 aliphatic carbocycles. The van der Waals surface area contributed by atoms with E-state index in [1.807, 2.05) is 0 Å². The standard InChI is InChI=1S/C10H19N3O2/c1-12-4-6-13(7-5-12)3-2-9-8-11-10(14)15-9/h9H,2-8H2,1H3,(H,11,14). The SMILES string of the molecule is CN1CCN(CCC2CNC(=O)O2)CC1. The number of alkyl carbamates (subject to hydrolysis) is 1. The maximum Gasteiger partial charge on any atom is 0.407 e. The van der Waals surface area contributed by atoms with Crippen LogP contribution >= 0.6 is 0 Å². The van der Waals surface area contributed by atoms with Gasteiger partial charge in [0, 0.05) is 32.7 Å². The first-order valence-electron chi connectivity index (χ1n) is 5.59. The summed E-state index contributed by atoms with van der Waals surface area (Å²) in [6.45, 7) is 6.25. The summed E-state index contributed by atoms with van der Waals surface area (Å²) in [6, 6.07) is 0. The second-order valence-electron chi connectivity index (χ2n) is 4.34. The first kappa shape index (κ1) is 10.7. The number of rotatable bonds is 3. The molecule has 1 amide bonds. The average molecular weight is 213 g/mol. The van der Waals surface area contributed by atoms with Crippen LogP contribution in [0.1, 0.15) is 6.42 Å². The second-order valence-corrected chi connectivity index (χ2v) is 4.34. The molecule has 0 saturated carbocycles. The van der Waals surface area contributed by atoms with Crippen molar-refractivity contribution in [1.29, 1.82) is 0 Å². The van der Waals surface area contributed by atoms with Gasteiger partial charge < -0.3 is 19.9 Å². The third-order valence-electron chi connectivity index (χ3n) is 3.11. The van der Waals surface area contributed by atoms with E-state index in [2.05, 4.69) is 22.2 Å². The van der Waals surface area contributed by atoms with Crippen molar-refractivity contribution >= 4 is 6.09 Å². The first-order valence-corrected chi connectivity index (χ1v) is 5.59. The average Bonchev–Trinajstić information content (AvgIpc) is 2.64. The normalized spacial score (nSPS) is 28.9. The van der Waals surface area contributed by atoms with E-state index < -0.39 is 0 Å². The van der Waals surface area contributed by atoms with Gasteiger partial charge >= 0.3 is 6.09 Å². The summed E-state index contributed by atoms with van der Waals surface area (Å²) in [5.74, 6) is 0. The van der Waals surface area contributed by atoms with E-state index in [1.165, 1.54) is 0 Å². The number of carbonyl (C=O) groups excluding carboxylic acids is 1. The van der Waals surface area contributed by atoms with Crippen LogP contribution in [-0.4, -0.2) is 68.3 Å². The van der Waals surface area contributed by atoms with Gasteiger partial charge in [-0.1, -0.05) is 0 Å². The Balaban J connectivity index is 1.63. The highest BCUT2D eigenvalue weighted by Gasteiger charge is 2.23. The van der Waals surface area contributed by atoms with E-state index in [-0.39, 0.29) is 12.2 Å². The lowest BCUT2D eigenvalue weighted by molar-refractivity contribution is 0.109. The Morgan fingerprint density at radius 2 is 2.13 bits per heavy atom. The monoisotopic (exact) mass is 213 g/mol. The van der Waals surface area contributed by atoms with Crippen LogP contribution in [0.4, 0.5) is 4.79 Å². The lowest BCUT2D eigenvalue weighted by Gasteiger charge is -2.32. The maximum atomic E-state index is 10.8. The molecule has 1 unspecified atom stereocenters. The fourth-order valence-electron chi connectivity index (χ4n) is 1.99. The third kappa shape index (κ3) is 3.07. The summed E-state index contributed by atoms with van der Waals surface area (Å²) in [5, 5.41) is 2.68. The molecular formula is C10H19N3O2. The zero-order valence-electron chi connectivity index (χ0n) is 9.24. The van der Waals surface area contributed by atoms with Gasteiger partial charge in [0.1, 0.15) is 6.10 Å². The Bertz CT molecular complexity index is 227. The first-order chi connectivity index (χ1) is 7.24. The molecule has 0 aromatic rings. The minimum Gasteiger partial charge on any atom is -0.444 e. The Labute approximate surface area is 90.4 Å². The summed E-state index contributed by atoms with van der Waals surface area (Å²) < 4.78 is 5.09. The molecule has 2 heterocycles. The number of nitrogens with one attached hydrogen (secondary N) is 1. The number of amides is 1. The van der Waals surface area contributed by atoms with Gasteiger partial charge in [0.15, 0.2) is 0 Å². The molecule has 5 heteroatoms. The molecule has 2 saturated heterocycles. The van der Waals surface area contributed by atoms with E-state index >= 15 is 0 Å². The summed E-state index contributed by atoms with van der Waals surface area (Å²) in [4.78, 5) is 15.6. The minimum absolute atomic E-state index is 0.0807. The smallest absolute Gasteiger partial charge is 0.407 e. The van der Waals surface area contributed by atoms with Crippen LogP contribution in [0.15, 0.2) is 0 Å². The number of nitrogens with zero attached hydrogens (tertiary/aromatic N) is 2. The van der Waals surface area contributed by atoms with Crippen LogP contribution in [0.2, 0.25) is 0 Å². The number of hydrogen-bond donors (Lipinski definition) is 1. The predicted molar refractivity (Wildman–Crippen MR) is 56.8 cm³/mol. The van der Waals surface area contributed by atoms with Crippen molar-refractivity contribution < 1.29 is 9.53 Å². The van der Waals surface area contributed by atoms with Crippen LogP contribution in [0.5, 0.6) is 0 Å². The van der Waals surface area contributed by atoms with Crippen LogP contribution in [-0.2, 0) is 4.74 Å². The van der Waals surface area contributed by atoms with E-state index in [0.29, 0.717) is 6.54 Å². The molecule has 0 bridgehead atoms. The zero-order chi connectivity index (χ0) is 10.7. The molecule has 1 atom stereocenters. The van der Waals surface area contributed by atoms with E-state index in [1.54, 1.807) is 0 Å². The van der Waals surface area contributed by atoms with Crippen LogP contribution < -0.4 is 5.32 Å². The van der Waals surface area contributed by atoms with Crippen LogP contribution in [0, 0.1) is 0 Å². The Hall–Kier alpha value is -0.810. The molecular weight excluding hydrogens is 194 g/mol. The Morgan fingerprint density at radius 1 is 1.40 bits per heavy atom. The van der Waals surface area contributed by atoms with Crippen LogP contribution in [0.3, 0.4) is 0 Å². The fraction of sp³-hybridized carbons (Fsp3) is 0.900. The summed E-state index contributed by atoms with van der Waals surface area (Å²) >= 11 is 0. The van der Waals surface area contributed by atoms with Crippen molar-refractivity contribution in [2.24, 2.45) is 0 Å². The van der Waals surface area contributed by atoms with Gasteiger partial charge in [0.2, 0.25) is 0 Å². The Morgan fingerprint density at radius 3 is 2.73 bits per heavy atom. The molecule has 2 rings (SSSR count). The topological polar surface area (TPSA) is 44.8 Å². The van der Waals surface area contributed by atoms with E-state index in [0.717, 1.165) is 39.1 Å². The molecule has 0 aromatic heterocycles. The van der Waals surface area contributed by atoms with Gasteiger partial charge in [0.05, 0.1) is 6.54 Å². The largest absolute Gasteiger partial charge is 0.444 e. The number of likely N-dealkylation sites (N-methyl/N-ethyl adjacent to an activating group) is 1. The van der Waals surface area contributed by atoms with Gasteiger partial charge in [-0.3, -0.25) is 0 Å². The quantitative estimate of drug-likeness (QED) is 0.701. The van der Waals surface area contributed by atoms with Gasteiger partial charge in [-0.05, 0) is 13.5 Å². The molecule has 2 fully saturated rings. The lowest BCUT2D eigenvalue weighted by Crippen LogP contribution is -2.45. The van der Waals surface area contributed by atoms with Crippen molar-refractivity contribution in [3.05, 3.63) is 0 Å². The van der Waals surface area contributed by atoms with Crippen molar-refractivity contribution in [3.63, 3.8) is 0 Å². The molecule has 2 aliphatic rings. The highest BCUT2D eigenvalue weighted by atomic mass is 16.6. The predicted octanol–water partition coefficient (Wildman–Crippen LogP) is -0.268. The third-order valence-corrected chi connectivity index (χ3v) is 3.11. The van der Waals surface area contributed by atoms with E-state index in [4.69, 9.17) is 4.74 Å². The summed E-state index contributed by atoms with van der Waals surface area (Å²) in [6.07, 6.45) is 0.762. The Kier molecular flexibility index (Phi) is 3.43. The highest BCUT2D eigenvalue weighted by molar-refractivity contribution is 5.69. The molecule has 86 valence electrons. The van der Waals surface area contributed by atoms with Crippen molar-refractivity contribution in [3.8, 4) is 0 Å². The fourth-order valence-corrected chi connectivity index (χ4v) is 1.99. The van der Waals surface area contributed by atoms with E-state index in [9.17, 15) is 4.79 Å². The molecule has 0 spiro atoms. The second kappa shape index (κ2) is 4.81. The van der Waals surface area contributed by atoms with Crippen molar-refractivity contribution in [2.45, 2.75) is 12.5 Å². The summed E-state index contributed by atoms with van der Waals surface area (Å²) in [7, 11) is 2.15. The van der Waals surface area contributed by atoms with Gasteiger partial charge in [-0.15, -0.1) is 0 Å². The van der Waals surface area contributed by atoms with Crippen molar-refractivity contribution in [1.82, 2.24) is 15.1 Å². The number of piperazine rings is 1. The van der Waals surface area contributed by atoms with Gasteiger partial charge in [-0.25, -0.2) is 4.79 Å². The number of ether oxygens (including phenoxy) is 1. The molecule has 0 radical (unpaired) electrons. The van der Waals surface area contributed by atoms with Crippen LogP contribution in [0.25, 0.3) is 0 Å². The van der Waals surface area contributed by atoms with Gasteiger partial charge in [0.25, 0.3) is 0 Å². The maximum absolute atomic E-state index is 10.8. The van der Waals surface area contributed by atoms with Crippen molar-refractivity contribution in [2.75, 3.05) is 46.3 Å². The molecule has 15 heavy (non-hydrogen) atoms. The number of cyclic esters (lactones) is 1. The molecule has 5 nitrogen and oxygen atoms in total. The lowest BCUT2D eigenvalue weighted by atomic mass is 10.2. The molecule has 0 aromatic carbocycles. The highest BCUT2D eigenvalue weighted by Crippen LogP contribution is 2.07. The number of carbonyl (C=O) groups is 1. The molecule has 2 aliphatic heterocycles.